The van der Waals surface area contributed by atoms with E-state index in [0.717, 1.165) is 59.3 Å². The van der Waals surface area contributed by atoms with Crippen molar-refractivity contribution in [3.8, 4) is 23.0 Å². The van der Waals surface area contributed by atoms with Crippen LogP contribution < -0.4 is 0 Å². The lowest BCUT2D eigenvalue weighted by molar-refractivity contribution is -0.143. The number of aromatic nitrogens is 2. The predicted molar refractivity (Wildman–Crippen MR) is 139 cm³/mol. The van der Waals surface area contributed by atoms with Gasteiger partial charge in [0.2, 0.25) is 0 Å². The number of nitriles is 1. The Balaban J connectivity index is 1.71. The Labute approximate surface area is 211 Å². The van der Waals surface area contributed by atoms with Crippen LogP contribution in [0.2, 0.25) is 0 Å². The average molecular weight is 477 g/mol. The van der Waals surface area contributed by atoms with Gasteiger partial charge in [-0.25, -0.2) is 4.68 Å². The Morgan fingerprint density at radius 2 is 1.72 bits per heavy atom. The van der Waals surface area contributed by atoms with Gasteiger partial charge in [0.15, 0.2) is 0 Å². The molecule has 5 rings (SSSR count). The molecule has 1 aromatic heterocycles. The standard InChI is InChI=1S/C30H28N4O2/c1-19-13-14-20(2)25(15-19)28-22(18-33(32-28)23-9-5-4-6-10-23)16-26-21(3)27(17-31)30(36)34(29(26)35)24-11-7-8-12-24/h4-6,9-10,13-16,18,24H,7-8,11-12H2,1-3H3/b26-16+. The highest BCUT2D eigenvalue weighted by molar-refractivity contribution is 6.20. The number of benzene rings is 2. The summed E-state index contributed by atoms with van der Waals surface area (Å²) in [4.78, 5) is 28.1. The number of nitrogens with zero attached hydrogens (tertiary/aromatic N) is 4. The maximum atomic E-state index is 13.7. The second kappa shape index (κ2) is 9.43. The lowest BCUT2D eigenvalue weighted by atomic mass is 9.91. The quantitative estimate of drug-likeness (QED) is 0.358. The number of imide groups is 1. The van der Waals surface area contributed by atoms with Crippen molar-refractivity contribution in [1.29, 1.82) is 5.26 Å². The lowest BCUT2D eigenvalue weighted by Crippen LogP contribution is -2.47. The molecule has 0 bridgehead atoms. The van der Waals surface area contributed by atoms with Gasteiger partial charge in [-0.05, 0) is 69.0 Å². The number of rotatable bonds is 4. The van der Waals surface area contributed by atoms with Gasteiger partial charge in [0.25, 0.3) is 11.8 Å². The van der Waals surface area contributed by atoms with Crippen LogP contribution in [0.4, 0.5) is 0 Å². The Kier molecular flexibility index (Phi) is 6.15. The minimum atomic E-state index is -0.473. The van der Waals surface area contributed by atoms with Crippen LogP contribution in [0.25, 0.3) is 23.0 Å². The van der Waals surface area contributed by atoms with Gasteiger partial charge in [-0.2, -0.15) is 10.4 Å². The molecule has 0 radical (unpaired) electrons. The van der Waals surface area contributed by atoms with Crippen LogP contribution in [0.3, 0.4) is 0 Å². The van der Waals surface area contributed by atoms with Crippen molar-refractivity contribution in [3.63, 3.8) is 0 Å². The zero-order chi connectivity index (χ0) is 25.4. The highest BCUT2D eigenvalue weighted by Crippen LogP contribution is 2.35. The predicted octanol–water partition coefficient (Wildman–Crippen LogP) is 5.69. The first kappa shape index (κ1) is 23.5. The maximum absolute atomic E-state index is 13.7. The van der Waals surface area contributed by atoms with Crippen molar-refractivity contribution in [2.45, 2.75) is 52.5 Å². The van der Waals surface area contributed by atoms with E-state index in [9.17, 15) is 14.9 Å². The lowest BCUT2D eigenvalue weighted by Gasteiger charge is -2.32. The Hall–Kier alpha value is -4.24. The van der Waals surface area contributed by atoms with E-state index in [0.29, 0.717) is 11.1 Å². The fourth-order valence-electron chi connectivity index (χ4n) is 5.16. The van der Waals surface area contributed by atoms with E-state index >= 15 is 0 Å². The first-order valence-corrected chi connectivity index (χ1v) is 12.3. The second-order valence-electron chi connectivity index (χ2n) is 9.62. The molecular weight excluding hydrogens is 448 g/mol. The second-order valence-corrected chi connectivity index (χ2v) is 9.62. The van der Waals surface area contributed by atoms with Gasteiger partial charge in [0.05, 0.1) is 5.69 Å². The molecule has 36 heavy (non-hydrogen) atoms. The van der Waals surface area contributed by atoms with Crippen molar-refractivity contribution >= 4 is 17.9 Å². The molecule has 6 heteroatoms. The molecule has 1 aliphatic heterocycles. The molecule has 1 aliphatic carbocycles. The van der Waals surface area contributed by atoms with E-state index in [1.165, 1.54) is 4.90 Å². The van der Waals surface area contributed by atoms with Crippen molar-refractivity contribution < 1.29 is 9.59 Å². The molecule has 6 nitrogen and oxygen atoms in total. The molecule has 0 saturated heterocycles. The van der Waals surface area contributed by atoms with Gasteiger partial charge in [-0.1, -0.05) is 48.7 Å². The van der Waals surface area contributed by atoms with Crippen LogP contribution in [0.1, 0.15) is 49.3 Å². The van der Waals surface area contributed by atoms with Crippen molar-refractivity contribution in [2.75, 3.05) is 0 Å². The van der Waals surface area contributed by atoms with Crippen LogP contribution in [0.15, 0.2) is 71.4 Å². The largest absolute Gasteiger partial charge is 0.271 e. The number of amides is 2. The van der Waals surface area contributed by atoms with Gasteiger partial charge >= 0.3 is 0 Å². The van der Waals surface area contributed by atoms with Crippen LogP contribution in [0, 0.1) is 25.2 Å². The first-order valence-electron chi connectivity index (χ1n) is 12.3. The normalized spacial score (nSPS) is 17.8. The van der Waals surface area contributed by atoms with Gasteiger partial charge in [-0.15, -0.1) is 0 Å². The molecule has 0 atom stereocenters. The van der Waals surface area contributed by atoms with Crippen molar-refractivity contribution in [1.82, 2.24) is 14.7 Å². The zero-order valence-electron chi connectivity index (χ0n) is 20.8. The molecule has 0 N–H and O–H groups in total. The number of hydrogen-bond acceptors (Lipinski definition) is 4. The fourth-order valence-corrected chi connectivity index (χ4v) is 5.16. The summed E-state index contributed by atoms with van der Waals surface area (Å²) in [5.74, 6) is -0.804. The minimum absolute atomic E-state index is 0.0384. The molecule has 2 amide bonds. The SMILES string of the molecule is CC1=C(C#N)C(=O)N(C2CCCC2)C(=O)/C1=C/c1cn(-c2ccccc2)nc1-c1cc(C)ccc1C. The Morgan fingerprint density at radius 1 is 1.00 bits per heavy atom. The van der Waals surface area contributed by atoms with E-state index in [-0.39, 0.29) is 17.5 Å². The molecular formula is C30H28N4O2. The summed E-state index contributed by atoms with van der Waals surface area (Å²) >= 11 is 0. The topological polar surface area (TPSA) is 79.0 Å². The number of carbonyl (C=O) groups is 2. The van der Waals surface area contributed by atoms with E-state index in [1.807, 2.05) is 50.4 Å². The van der Waals surface area contributed by atoms with Gasteiger partial charge < -0.3 is 0 Å². The van der Waals surface area contributed by atoms with Crippen LogP contribution in [-0.2, 0) is 9.59 Å². The molecule has 0 unspecified atom stereocenters. The molecule has 0 spiro atoms. The van der Waals surface area contributed by atoms with Crippen LogP contribution >= 0.6 is 0 Å². The van der Waals surface area contributed by atoms with E-state index in [1.54, 1.807) is 17.7 Å². The molecule has 1 fully saturated rings. The summed E-state index contributed by atoms with van der Waals surface area (Å²) in [5, 5.41) is 14.7. The molecule has 2 aliphatic rings. The number of aryl methyl sites for hydroxylation is 2. The fraction of sp³-hybridized carbons (Fsp3) is 0.267. The Morgan fingerprint density at radius 3 is 2.42 bits per heavy atom. The van der Waals surface area contributed by atoms with Crippen LogP contribution in [0.5, 0.6) is 0 Å². The third-order valence-electron chi connectivity index (χ3n) is 7.17. The van der Waals surface area contributed by atoms with Crippen molar-refractivity contribution in [2.24, 2.45) is 0 Å². The van der Waals surface area contributed by atoms with E-state index in [2.05, 4.69) is 24.3 Å². The summed E-state index contributed by atoms with van der Waals surface area (Å²) in [6.07, 6.45) is 7.22. The summed E-state index contributed by atoms with van der Waals surface area (Å²) in [6, 6.07) is 17.9. The minimum Gasteiger partial charge on any atom is -0.271 e. The summed E-state index contributed by atoms with van der Waals surface area (Å²) in [7, 11) is 0. The van der Waals surface area contributed by atoms with E-state index in [4.69, 9.17) is 5.10 Å². The number of hydrogen-bond donors (Lipinski definition) is 0. The smallest absolute Gasteiger partial charge is 0.271 e. The van der Waals surface area contributed by atoms with Crippen molar-refractivity contribution in [3.05, 3.63) is 88.1 Å². The number of carbonyl (C=O) groups excluding carboxylic acids is 2. The van der Waals surface area contributed by atoms with Gasteiger partial charge in [0, 0.05) is 28.9 Å². The van der Waals surface area contributed by atoms with E-state index < -0.39 is 5.91 Å². The Bertz CT molecular complexity index is 1460. The molecule has 1 saturated carbocycles. The zero-order valence-corrected chi connectivity index (χ0v) is 20.8. The average Bonchev–Trinajstić information content (AvgIpc) is 3.55. The molecule has 2 aromatic carbocycles. The highest BCUT2D eigenvalue weighted by atomic mass is 16.2. The molecule has 3 aromatic rings. The van der Waals surface area contributed by atoms with Gasteiger partial charge in [-0.3, -0.25) is 14.5 Å². The highest BCUT2D eigenvalue weighted by Gasteiger charge is 2.40. The summed E-state index contributed by atoms with van der Waals surface area (Å²) in [5.41, 5.74) is 6.39. The third kappa shape index (κ3) is 4.07. The summed E-state index contributed by atoms with van der Waals surface area (Å²) < 4.78 is 1.81. The monoisotopic (exact) mass is 476 g/mol. The number of para-hydroxylation sites is 1. The first-order chi connectivity index (χ1) is 17.4. The maximum Gasteiger partial charge on any atom is 0.271 e. The molecule has 2 heterocycles. The molecule has 180 valence electrons. The van der Waals surface area contributed by atoms with Gasteiger partial charge in [0.1, 0.15) is 17.3 Å². The third-order valence-corrected chi connectivity index (χ3v) is 7.17. The van der Waals surface area contributed by atoms with Crippen LogP contribution in [-0.4, -0.2) is 32.5 Å². The summed E-state index contributed by atoms with van der Waals surface area (Å²) in [6.45, 7) is 5.76.